The minimum Gasteiger partial charge on any atom is -0.377 e. The van der Waals surface area contributed by atoms with Crippen molar-refractivity contribution in [1.29, 1.82) is 0 Å². The second-order valence-electron chi connectivity index (χ2n) is 5.89. The van der Waals surface area contributed by atoms with Gasteiger partial charge in [0.2, 0.25) is 0 Å². The predicted molar refractivity (Wildman–Crippen MR) is 102 cm³/mol. The van der Waals surface area contributed by atoms with E-state index in [0.29, 0.717) is 5.69 Å². The Morgan fingerprint density at radius 1 is 0.846 bits per heavy atom. The predicted octanol–water partition coefficient (Wildman–Crippen LogP) is 4.10. The van der Waals surface area contributed by atoms with Gasteiger partial charge in [-0.1, -0.05) is 36.4 Å². The zero-order valence-corrected chi connectivity index (χ0v) is 13.9. The first-order valence-corrected chi connectivity index (χ1v) is 8.25. The molecule has 1 aliphatic heterocycles. The number of benzene rings is 3. The summed E-state index contributed by atoms with van der Waals surface area (Å²) in [5, 5.41) is 7.22. The van der Waals surface area contributed by atoms with Gasteiger partial charge in [-0.2, -0.15) is 5.06 Å². The fourth-order valence-electron chi connectivity index (χ4n) is 2.82. The average molecular weight is 346 g/mol. The van der Waals surface area contributed by atoms with E-state index in [1.807, 2.05) is 66.7 Å². The summed E-state index contributed by atoms with van der Waals surface area (Å²) < 4.78 is 0. The molecule has 6 heteroatoms. The molecule has 0 aliphatic carbocycles. The fourth-order valence-corrected chi connectivity index (χ4v) is 2.82. The van der Waals surface area contributed by atoms with Crippen molar-refractivity contribution in [3.05, 3.63) is 84.4 Å². The Hall–Kier alpha value is -3.51. The van der Waals surface area contributed by atoms with Crippen molar-refractivity contribution >= 4 is 23.1 Å². The lowest BCUT2D eigenvalue weighted by Crippen LogP contribution is -2.31. The van der Waals surface area contributed by atoms with Crippen LogP contribution >= 0.6 is 0 Å². The third-order valence-electron chi connectivity index (χ3n) is 4.10. The zero-order chi connectivity index (χ0) is 17.9. The van der Waals surface area contributed by atoms with Gasteiger partial charge in [0.05, 0.1) is 5.69 Å². The molecule has 3 aromatic carbocycles. The monoisotopic (exact) mass is 346 g/mol. The normalized spacial score (nSPS) is 15.1. The van der Waals surface area contributed by atoms with Gasteiger partial charge in [-0.15, -0.1) is 0 Å². The molecule has 1 aliphatic rings. The van der Waals surface area contributed by atoms with Crippen LogP contribution in [0.25, 0.3) is 0 Å². The molecule has 1 atom stereocenters. The van der Waals surface area contributed by atoms with E-state index < -0.39 is 0 Å². The second-order valence-corrected chi connectivity index (χ2v) is 5.89. The quantitative estimate of drug-likeness (QED) is 0.667. The molecule has 4 N–H and O–H groups in total. The van der Waals surface area contributed by atoms with E-state index >= 15 is 0 Å². The fraction of sp³-hybridized carbons (Fsp3) is 0.0500. The van der Waals surface area contributed by atoms with Crippen molar-refractivity contribution in [3.63, 3.8) is 0 Å². The maximum Gasteiger partial charge on any atom is 0.323 e. The molecule has 0 saturated heterocycles. The van der Waals surface area contributed by atoms with Crippen molar-refractivity contribution in [3.8, 4) is 5.75 Å². The van der Waals surface area contributed by atoms with Gasteiger partial charge < -0.3 is 21.2 Å². The molecule has 1 unspecified atom stereocenters. The van der Waals surface area contributed by atoms with Gasteiger partial charge in [0.15, 0.2) is 5.75 Å². The highest BCUT2D eigenvalue weighted by Crippen LogP contribution is 2.37. The first kappa shape index (κ1) is 16.0. The van der Waals surface area contributed by atoms with E-state index in [-0.39, 0.29) is 12.2 Å². The molecule has 0 radical (unpaired) electrons. The molecule has 0 spiro atoms. The van der Waals surface area contributed by atoms with Crippen LogP contribution in [0.4, 0.5) is 21.9 Å². The molecule has 2 amide bonds. The highest BCUT2D eigenvalue weighted by molar-refractivity contribution is 5.99. The number of para-hydroxylation sites is 2. The van der Waals surface area contributed by atoms with E-state index in [9.17, 15) is 4.79 Å². The van der Waals surface area contributed by atoms with Crippen molar-refractivity contribution in [2.45, 2.75) is 6.17 Å². The van der Waals surface area contributed by atoms with Gasteiger partial charge in [0.25, 0.3) is 0 Å². The van der Waals surface area contributed by atoms with Crippen LogP contribution in [0, 0.1) is 0 Å². The number of rotatable bonds is 3. The van der Waals surface area contributed by atoms with Crippen LogP contribution in [0.3, 0.4) is 0 Å². The highest BCUT2D eigenvalue weighted by Gasteiger charge is 2.29. The zero-order valence-electron chi connectivity index (χ0n) is 13.9. The molecule has 0 aromatic heterocycles. The van der Waals surface area contributed by atoms with Crippen LogP contribution in [0.1, 0.15) is 11.7 Å². The number of urea groups is 1. The van der Waals surface area contributed by atoms with Crippen LogP contribution in [0.2, 0.25) is 0 Å². The minimum absolute atomic E-state index is 0.300. The molecule has 0 bridgehead atoms. The van der Waals surface area contributed by atoms with Crippen LogP contribution < -0.4 is 26.3 Å². The smallest absolute Gasteiger partial charge is 0.323 e. The molecule has 6 nitrogen and oxygen atoms in total. The Morgan fingerprint density at radius 3 is 2.15 bits per heavy atom. The summed E-state index contributed by atoms with van der Waals surface area (Å²) in [4.78, 5) is 17.9. The Bertz CT molecular complexity index is 913. The first-order valence-electron chi connectivity index (χ1n) is 8.25. The van der Waals surface area contributed by atoms with Crippen LogP contribution in [-0.4, -0.2) is 6.03 Å². The largest absolute Gasteiger partial charge is 0.377 e. The summed E-state index contributed by atoms with van der Waals surface area (Å²) in [6.45, 7) is 0. The van der Waals surface area contributed by atoms with Gasteiger partial charge in [-0.25, -0.2) is 4.79 Å². The standard InChI is InChI=1S/C20H18N4O2/c21-19-17-8-4-5-9-18(17)26-24(19)16-12-10-15(11-13-16)23-20(25)22-14-6-2-1-3-7-14/h1-13,19H,21H2,(H2,22,23,25). The first-order chi connectivity index (χ1) is 12.7. The maximum absolute atomic E-state index is 12.0. The number of nitrogens with zero attached hydrogens (tertiary/aromatic N) is 1. The number of amides is 2. The number of hydrogen-bond donors (Lipinski definition) is 3. The Labute approximate surface area is 151 Å². The molecule has 1 heterocycles. The number of fused-ring (bicyclic) bond motifs is 1. The lowest BCUT2D eigenvalue weighted by atomic mass is 10.1. The van der Waals surface area contributed by atoms with Gasteiger partial charge in [0, 0.05) is 16.9 Å². The molecule has 130 valence electrons. The number of carbonyl (C=O) groups excluding carboxylic acids is 1. The third kappa shape index (κ3) is 3.18. The molecular formula is C20H18N4O2. The van der Waals surface area contributed by atoms with Crippen molar-refractivity contribution in [2.24, 2.45) is 5.73 Å². The number of hydrogen-bond acceptors (Lipinski definition) is 4. The Morgan fingerprint density at radius 2 is 1.46 bits per heavy atom. The number of anilines is 3. The molecular weight excluding hydrogens is 328 g/mol. The number of carbonyl (C=O) groups is 1. The van der Waals surface area contributed by atoms with Crippen molar-refractivity contribution < 1.29 is 9.63 Å². The summed E-state index contributed by atoms with van der Waals surface area (Å²) in [7, 11) is 0. The lowest BCUT2D eigenvalue weighted by molar-refractivity contribution is 0.262. The van der Waals surface area contributed by atoms with Gasteiger partial charge >= 0.3 is 6.03 Å². The molecule has 0 saturated carbocycles. The van der Waals surface area contributed by atoms with Gasteiger partial charge in [-0.3, -0.25) is 0 Å². The van der Waals surface area contributed by atoms with Crippen molar-refractivity contribution in [2.75, 3.05) is 15.7 Å². The van der Waals surface area contributed by atoms with E-state index in [4.69, 9.17) is 10.6 Å². The minimum atomic E-state index is -0.369. The van der Waals surface area contributed by atoms with Crippen LogP contribution in [0.5, 0.6) is 5.75 Å². The summed E-state index contributed by atoms with van der Waals surface area (Å²) in [5.41, 5.74) is 9.40. The van der Waals surface area contributed by atoms with Crippen LogP contribution in [-0.2, 0) is 0 Å². The van der Waals surface area contributed by atoms with E-state index in [1.165, 1.54) is 0 Å². The highest BCUT2D eigenvalue weighted by atomic mass is 16.7. The maximum atomic E-state index is 12.0. The van der Waals surface area contributed by atoms with Crippen LogP contribution in [0.15, 0.2) is 78.9 Å². The number of nitrogens with one attached hydrogen (secondary N) is 2. The Kier molecular flexibility index (Phi) is 4.17. The lowest BCUT2D eigenvalue weighted by Gasteiger charge is -2.21. The van der Waals surface area contributed by atoms with E-state index in [0.717, 1.165) is 22.7 Å². The van der Waals surface area contributed by atoms with E-state index in [2.05, 4.69) is 10.6 Å². The summed E-state index contributed by atoms with van der Waals surface area (Å²) >= 11 is 0. The van der Waals surface area contributed by atoms with Crippen molar-refractivity contribution in [1.82, 2.24) is 0 Å². The summed E-state index contributed by atoms with van der Waals surface area (Å²) in [6.07, 6.45) is -0.369. The second kappa shape index (κ2) is 6.78. The number of hydroxylamine groups is 1. The van der Waals surface area contributed by atoms with Gasteiger partial charge in [0.1, 0.15) is 6.17 Å². The van der Waals surface area contributed by atoms with Gasteiger partial charge in [-0.05, 0) is 42.5 Å². The molecule has 4 rings (SSSR count). The SMILES string of the molecule is NC1c2ccccc2ON1c1ccc(NC(=O)Nc2ccccc2)cc1. The average Bonchev–Trinajstić information content (AvgIpc) is 3.00. The molecule has 26 heavy (non-hydrogen) atoms. The summed E-state index contributed by atoms with van der Waals surface area (Å²) in [6, 6.07) is 24.0. The number of nitrogens with two attached hydrogens (primary N) is 1. The Balaban J connectivity index is 1.42. The molecule has 0 fully saturated rings. The molecule has 3 aromatic rings. The third-order valence-corrected chi connectivity index (χ3v) is 4.10. The summed E-state index contributed by atoms with van der Waals surface area (Å²) in [5.74, 6) is 0.754. The topological polar surface area (TPSA) is 79.6 Å². The van der Waals surface area contributed by atoms with E-state index in [1.54, 1.807) is 17.2 Å².